The third kappa shape index (κ3) is 5.12. The molecule has 1 aliphatic rings. The maximum atomic E-state index is 13.0. The van der Waals surface area contributed by atoms with Gasteiger partial charge in [-0.25, -0.2) is 4.39 Å². The fourth-order valence-electron chi connectivity index (χ4n) is 4.39. The quantitative estimate of drug-likeness (QED) is 0.458. The van der Waals surface area contributed by atoms with E-state index in [-0.39, 0.29) is 18.1 Å². The van der Waals surface area contributed by atoms with Crippen LogP contribution in [-0.4, -0.2) is 50.2 Å². The van der Waals surface area contributed by atoms with Crippen LogP contribution in [0.3, 0.4) is 0 Å². The third-order valence-corrected chi connectivity index (χ3v) is 6.12. The molecule has 0 saturated carbocycles. The molecule has 8 heteroatoms. The van der Waals surface area contributed by atoms with Crippen molar-refractivity contribution in [2.24, 2.45) is 0 Å². The Morgan fingerprint density at radius 1 is 1.06 bits per heavy atom. The van der Waals surface area contributed by atoms with Crippen LogP contribution in [0.4, 0.5) is 4.39 Å². The van der Waals surface area contributed by atoms with Crippen molar-refractivity contribution in [3.8, 4) is 0 Å². The fourth-order valence-corrected chi connectivity index (χ4v) is 4.39. The zero-order valence-electron chi connectivity index (χ0n) is 18.4. The smallest absolute Gasteiger partial charge is 0.224 e. The van der Waals surface area contributed by atoms with E-state index in [1.165, 1.54) is 28.7 Å². The van der Waals surface area contributed by atoms with E-state index in [2.05, 4.69) is 54.2 Å². The van der Waals surface area contributed by atoms with Crippen molar-refractivity contribution in [2.75, 3.05) is 19.6 Å². The topological polar surface area (TPSA) is 78.8 Å². The van der Waals surface area contributed by atoms with Crippen molar-refractivity contribution in [2.45, 2.75) is 32.4 Å². The number of nitrogens with one attached hydrogen (secondary N) is 2. The summed E-state index contributed by atoms with van der Waals surface area (Å²) in [4.78, 5) is 18.1. The zero-order valence-corrected chi connectivity index (χ0v) is 18.4. The summed E-state index contributed by atoms with van der Waals surface area (Å²) in [7, 11) is 0. The normalized spacial score (nSPS) is 14.2. The van der Waals surface area contributed by atoms with E-state index >= 15 is 0 Å². The molecule has 2 N–H and O–H groups in total. The van der Waals surface area contributed by atoms with Gasteiger partial charge in [0, 0.05) is 56.8 Å². The number of hydrogen-bond donors (Lipinski definition) is 2. The van der Waals surface area contributed by atoms with Crippen LogP contribution < -0.4 is 5.32 Å². The molecule has 2 aromatic heterocycles. The highest BCUT2D eigenvalue weighted by Crippen LogP contribution is 2.17. The van der Waals surface area contributed by atoms with Gasteiger partial charge in [0.25, 0.3) is 0 Å². The number of aromatic amines is 1. The molecule has 0 aliphatic carbocycles. The molecule has 2 aromatic carbocycles. The van der Waals surface area contributed by atoms with Crippen LogP contribution >= 0.6 is 0 Å². The zero-order chi connectivity index (χ0) is 22.6. The predicted molar refractivity (Wildman–Crippen MR) is 124 cm³/mol. The van der Waals surface area contributed by atoms with Gasteiger partial charge in [-0.3, -0.25) is 9.69 Å². The van der Waals surface area contributed by atoms with Crippen LogP contribution in [0.1, 0.15) is 22.9 Å². The number of H-pyrrole nitrogens is 1. The number of hydrogen-bond acceptors (Lipinski definition) is 4. The van der Waals surface area contributed by atoms with E-state index in [0.717, 1.165) is 49.8 Å². The van der Waals surface area contributed by atoms with Gasteiger partial charge in [-0.2, -0.15) is 0 Å². The van der Waals surface area contributed by atoms with Gasteiger partial charge in [0.2, 0.25) is 5.91 Å². The van der Waals surface area contributed by atoms with Gasteiger partial charge < -0.3 is 14.9 Å². The van der Waals surface area contributed by atoms with E-state index in [1.807, 2.05) is 6.07 Å². The molecule has 3 heterocycles. The number of carbonyl (C=O) groups excluding carboxylic acids is 1. The Kier molecular flexibility index (Phi) is 6.17. The highest BCUT2D eigenvalue weighted by Gasteiger charge is 2.19. The van der Waals surface area contributed by atoms with Crippen molar-refractivity contribution < 1.29 is 9.18 Å². The molecule has 0 saturated heterocycles. The molecule has 0 atom stereocenters. The van der Waals surface area contributed by atoms with E-state index in [9.17, 15) is 9.18 Å². The molecule has 5 rings (SSSR count). The number of para-hydroxylation sites is 1. The summed E-state index contributed by atoms with van der Waals surface area (Å²) in [5.74, 6) is 1.52. The SMILES string of the molecule is O=C(Cc1ccc(F)cc1)NCCc1nnc2n1CCN(Cc1cc3ccccc3[nH]1)CC2. The van der Waals surface area contributed by atoms with Gasteiger partial charge in [0.05, 0.1) is 6.42 Å². The molecule has 0 radical (unpaired) electrons. The minimum absolute atomic E-state index is 0.0817. The van der Waals surface area contributed by atoms with Gasteiger partial charge in [-0.1, -0.05) is 30.3 Å². The van der Waals surface area contributed by atoms with E-state index in [4.69, 9.17) is 0 Å². The lowest BCUT2D eigenvalue weighted by Gasteiger charge is -2.18. The van der Waals surface area contributed by atoms with Crippen LogP contribution in [-0.2, 0) is 37.1 Å². The molecule has 33 heavy (non-hydrogen) atoms. The first kappa shape index (κ1) is 21.3. The minimum Gasteiger partial charge on any atom is -0.357 e. The Morgan fingerprint density at radius 3 is 2.76 bits per heavy atom. The molecule has 170 valence electrons. The molecular weight excluding hydrogens is 419 g/mol. The molecule has 7 nitrogen and oxygen atoms in total. The van der Waals surface area contributed by atoms with Crippen molar-refractivity contribution in [1.82, 2.24) is 30.0 Å². The van der Waals surface area contributed by atoms with E-state index in [0.29, 0.717) is 13.0 Å². The number of nitrogens with zero attached hydrogens (tertiary/aromatic N) is 4. The average Bonchev–Trinajstić information content (AvgIpc) is 3.34. The van der Waals surface area contributed by atoms with Crippen LogP contribution in [0.2, 0.25) is 0 Å². The van der Waals surface area contributed by atoms with Gasteiger partial charge >= 0.3 is 0 Å². The van der Waals surface area contributed by atoms with Gasteiger partial charge in [0.1, 0.15) is 17.5 Å². The third-order valence-electron chi connectivity index (χ3n) is 6.12. The summed E-state index contributed by atoms with van der Waals surface area (Å²) >= 11 is 0. The van der Waals surface area contributed by atoms with Gasteiger partial charge in [0.15, 0.2) is 0 Å². The predicted octanol–water partition coefficient (Wildman–Crippen LogP) is 2.86. The maximum Gasteiger partial charge on any atom is 0.224 e. The molecule has 4 aromatic rings. The van der Waals surface area contributed by atoms with Crippen molar-refractivity contribution >= 4 is 16.8 Å². The summed E-state index contributed by atoms with van der Waals surface area (Å²) in [6, 6.07) is 16.6. The van der Waals surface area contributed by atoms with Gasteiger partial charge in [-0.15, -0.1) is 10.2 Å². The molecule has 0 fully saturated rings. The van der Waals surface area contributed by atoms with Crippen molar-refractivity contribution in [1.29, 1.82) is 0 Å². The van der Waals surface area contributed by atoms with Gasteiger partial charge in [-0.05, 0) is 35.2 Å². The second-order valence-electron chi connectivity index (χ2n) is 8.50. The number of halogens is 1. The van der Waals surface area contributed by atoms with E-state index < -0.39 is 0 Å². The minimum atomic E-state index is -0.299. The fraction of sp³-hybridized carbons (Fsp3) is 0.320. The van der Waals surface area contributed by atoms with Crippen LogP contribution in [0, 0.1) is 5.82 Å². The number of benzene rings is 2. The molecule has 0 spiro atoms. The Balaban J connectivity index is 1.13. The number of aromatic nitrogens is 4. The van der Waals surface area contributed by atoms with Crippen LogP contribution in [0.15, 0.2) is 54.6 Å². The summed E-state index contributed by atoms with van der Waals surface area (Å²) in [6.45, 7) is 4.06. The Morgan fingerprint density at radius 2 is 1.91 bits per heavy atom. The molecule has 0 bridgehead atoms. The highest BCUT2D eigenvalue weighted by atomic mass is 19.1. The van der Waals surface area contributed by atoms with E-state index in [1.54, 1.807) is 12.1 Å². The second-order valence-corrected chi connectivity index (χ2v) is 8.50. The molecule has 0 unspecified atom stereocenters. The lowest BCUT2D eigenvalue weighted by atomic mass is 10.1. The molecule has 1 amide bonds. The lowest BCUT2D eigenvalue weighted by Crippen LogP contribution is -2.28. The summed E-state index contributed by atoms with van der Waals surface area (Å²) in [5, 5.41) is 12.9. The molecular formula is C25H27FN6O. The molecule has 1 aliphatic heterocycles. The maximum absolute atomic E-state index is 13.0. The summed E-state index contributed by atoms with van der Waals surface area (Å²) in [6.07, 6.45) is 1.72. The first-order valence-electron chi connectivity index (χ1n) is 11.3. The number of carbonyl (C=O) groups is 1. The highest BCUT2D eigenvalue weighted by molar-refractivity contribution is 5.80. The summed E-state index contributed by atoms with van der Waals surface area (Å²) in [5.41, 5.74) is 3.18. The Hall–Kier alpha value is -3.52. The average molecular weight is 447 g/mol. The summed E-state index contributed by atoms with van der Waals surface area (Å²) < 4.78 is 15.2. The van der Waals surface area contributed by atoms with Crippen molar-refractivity contribution in [3.05, 3.63) is 83.3 Å². The Labute approximate surface area is 191 Å². The lowest BCUT2D eigenvalue weighted by molar-refractivity contribution is -0.120. The number of fused-ring (bicyclic) bond motifs is 2. The van der Waals surface area contributed by atoms with Crippen LogP contribution in [0.25, 0.3) is 10.9 Å². The second kappa shape index (κ2) is 9.54. The first-order valence-corrected chi connectivity index (χ1v) is 11.3. The monoisotopic (exact) mass is 446 g/mol. The Bertz CT molecular complexity index is 1210. The standard InChI is InChI=1S/C25H27FN6O/c26-20-7-5-18(6-8-20)15-25(33)27-11-9-23-29-30-24-10-12-31(13-14-32(23)24)17-21-16-19-3-1-2-4-22(19)28-21/h1-8,16,28H,9-15,17H2,(H,27,33). The van der Waals surface area contributed by atoms with Crippen LogP contribution in [0.5, 0.6) is 0 Å². The number of amides is 1. The number of rotatable bonds is 7. The van der Waals surface area contributed by atoms with Crippen molar-refractivity contribution in [3.63, 3.8) is 0 Å². The largest absolute Gasteiger partial charge is 0.357 e. The first-order chi connectivity index (χ1) is 16.1.